The Balaban J connectivity index is 4.06. The van der Waals surface area contributed by atoms with E-state index in [1.807, 2.05) is 0 Å². The molecule has 0 radical (unpaired) electrons. The van der Waals surface area contributed by atoms with E-state index in [4.69, 9.17) is 6.15 Å². The van der Waals surface area contributed by atoms with Crippen molar-refractivity contribution in [3.05, 3.63) is 0 Å². The molecule has 0 N–H and O–H groups in total. The summed E-state index contributed by atoms with van der Waals surface area (Å²) in [5.74, 6) is 2.52. The van der Waals surface area contributed by atoms with Crippen LogP contribution in [-0.2, 0) is 15.7 Å². The summed E-state index contributed by atoms with van der Waals surface area (Å²) in [6.07, 6.45) is 48.1. The van der Waals surface area contributed by atoms with Crippen LogP contribution in [0.15, 0.2) is 0 Å². The van der Waals surface area contributed by atoms with Gasteiger partial charge in [0.2, 0.25) is 0 Å². The van der Waals surface area contributed by atoms with Gasteiger partial charge in [0, 0.05) is 0 Å². The smallest absolute Gasteiger partial charge is 0.0654 e. The molecule has 328 valence electrons. The molecular weight excluding hydrogens is 823 g/mol. The Kier molecular flexibility index (Phi) is 45.9. The third kappa shape index (κ3) is 41.0. The van der Waals surface area contributed by atoms with E-state index < -0.39 is 19.2 Å². The summed E-state index contributed by atoms with van der Waals surface area (Å²) in [7, 11) is 0. The second-order valence-corrected chi connectivity index (χ2v) is 28.2. The van der Waals surface area contributed by atoms with Crippen molar-refractivity contribution in [2.24, 2.45) is 0 Å². The van der Waals surface area contributed by atoms with E-state index in [-0.39, 0.29) is 11.9 Å². The SMILES string of the molecule is CCCCCCCCCCCCCCCCCCSCC(=O)[O][Sn]([CH2]CCC)([CH2]CCC)[O]C(=O)CSCCCCCCCCCCCCCCCCCC. The Morgan fingerprint density at radius 1 is 0.327 bits per heavy atom. The molecule has 0 aliphatic carbocycles. The topological polar surface area (TPSA) is 52.6 Å². The van der Waals surface area contributed by atoms with Crippen molar-refractivity contribution < 1.29 is 15.7 Å². The Bertz CT molecular complexity index is 734. The van der Waals surface area contributed by atoms with E-state index in [0.717, 1.165) is 46.1 Å². The average Bonchev–Trinajstić information content (AvgIpc) is 3.18. The number of rotatable bonds is 46. The fourth-order valence-corrected chi connectivity index (χ4v) is 19.6. The molecule has 0 unspecified atom stereocenters. The molecule has 0 amide bonds. The third-order valence-electron chi connectivity index (χ3n) is 11.1. The minimum atomic E-state index is -3.84. The zero-order chi connectivity index (χ0) is 40.2. The Morgan fingerprint density at radius 2 is 0.545 bits per heavy atom. The van der Waals surface area contributed by atoms with Gasteiger partial charge in [0.1, 0.15) is 0 Å². The number of hydrogen-bond donors (Lipinski definition) is 0. The molecule has 0 fully saturated rings. The van der Waals surface area contributed by atoms with Gasteiger partial charge in [0.25, 0.3) is 0 Å². The molecule has 0 saturated heterocycles. The molecule has 4 nitrogen and oxygen atoms in total. The van der Waals surface area contributed by atoms with Crippen molar-refractivity contribution in [2.75, 3.05) is 23.0 Å². The van der Waals surface area contributed by atoms with Crippen LogP contribution in [0.2, 0.25) is 8.87 Å². The van der Waals surface area contributed by atoms with Crippen molar-refractivity contribution in [3.63, 3.8) is 0 Å². The Morgan fingerprint density at radius 3 is 0.782 bits per heavy atom. The monoisotopic (exact) mass is 921 g/mol. The summed E-state index contributed by atoms with van der Waals surface area (Å²) in [6.45, 7) is 8.92. The van der Waals surface area contributed by atoms with Crippen LogP contribution in [0, 0.1) is 0 Å². The van der Waals surface area contributed by atoms with Crippen LogP contribution in [-0.4, -0.2) is 54.2 Å². The van der Waals surface area contributed by atoms with Crippen LogP contribution >= 0.6 is 23.5 Å². The van der Waals surface area contributed by atoms with E-state index in [0.29, 0.717) is 11.5 Å². The van der Waals surface area contributed by atoms with Crippen molar-refractivity contribution in [2.45, 2.75) is 268 Å². The molecule has 0 bridgehead atoms. The minimum Gasteiger partial charge on any atom is -0.0654 e. The second kappa shape index (κ2) is 45.5. The number of hydrogen-bond acceptors (Lipinski definition) is 6. The van der Waals surface area contributed by atoms with Crippen molar-refractivity contribution in [1.82, 2.24) is 0 Å². The average molecular weight is 920 g/mol. The normalized spacial score (nSPS) is 11.7. The first kappa shape index (κ1) is 55.4. The number of carbonyl (C=O) groups excluding carboxylic acids is 2. The first-order valence-electron chi connectivity index (χ1n) is 24.6. The van der Waals surface area contributed by atoms with Gasteiger partial charge in [0.05, 0.1) is 0 Å². The van der Waals surface area contributed by atoms with Crippen LogP contribution < -0.4 is 0 Å². The van der Waals surface area contributed by atoms with Gasteiger partial charge in [0.15, 0.2) is 0 Å². The van der Waals surface area contributed by atoms with Crippen LogP contribution in [0.3, 0.4) is 0 Å². The summed E-state index contributed by atoms with van der Waals surface area (Å²) in [4.78, 5) is 26.2. The molecule has 0 aromatic rings. The maximum absolute atomic E-state index is 13.1. The van der Waals surface area contributed by atoms with Gasteiger partial charge in [-0.05, 0) is 0 Å². The molecule has 0 aromatic carbocycles. The number of carbonyl (C=O) groups is 2. The van der Waals surface area contributed by atoms with Gasteiger partial charge in [-0.3, -0.25) is 0 Å². The molecular formula is C48H96O4S2Sn. The van der Waals surface area contributed by atoms with Gasteiger partial charge in [-0.25, -0.2) is 0 Å². The second-order valence-electron chi connectivity index (χ2n) is 16.8. The molecule has 0 aliphatic rings. The van der Waals surface area contributed by atoms with Gasteiger partial charge in [-0.1, -0.05) is 129 Å². The molecule has 0 atom stereocenters. The molecule has 0 saturated carbocycles. The van der Waals surface area contributed by atoms with Crippen LogP contribution in [0.1, 0.15) is 259 Å². The van der Waals surface area contributed by atoms with Crippen molar-refractivity contribution in [1.29, 1.82) is 0 Å². The minimum absolute atomic E-state index is 0.141. The maximum atomic E-state index is 13.1. The molecule has 0 heterocycles. The number of thioether (sulfide) groups is 2. The van der Waals surface area contributed by atoms with Gasteiger partial charge < -0.3 is 0 Å². The predicted octanol–water partition coefficient (Wildman–Crippen LogP) is 17.1. The summed E-state index contributed by atoms with van der Waals surface area (Å²) < 4.78 is 14.2. The molecule has 7 heteroatoms. The predicted molar refractivity (Wildman–Crippen MR) is 251 cm³/mol. The fourth-order valence-electron chi connectivity index (χ4n) is 7.53. The molecule has 0 aromatic heterocycles. The summed E-state index contributed by atoms with van der Waals surface area (Å²) in [5, 5.41) is 0. The van der Waals surface area contributed by atoms with E-state index in [2.05, 4.69) is 27.7 Å². The quantitative estimate of drug-likeness (QED) is 0.0448. The van der Waals surface area contributed by atoms with E-state index >= 15 is 0 Å². The van der Waals surface area contributed by atoms with Gasteiger partial charge in [-0.15, -0.1) is 0 Å². The van der Waals surface area contributed by atoms with E-state index in [9.17, 15) is 9.59 Å². The summed E-state index contributed by atoms with van der Waals surface area (Å²) >= 11 is -0.436. The van der Waals surface area contributed by atoms with Crippen LogP contribution in [0.4, 0.5) is 0 Å². The van der Waals surface area contributed by atoms with Crippen molar-refractivity contribution >= 4 is 54.7 Å². The fraction of sp³-hybridized carbons (Fsp3) is 0.958. The first-order valence-corrected chi connectivity index (χ1v) is 33.3. The zero-order valence-corrected chi connectivity index (χ0v) is 42.1. The first-order chi connectivity index (χ1) is 27.0. The Labute approximate surface area is 358 Å². The third-order valence-corrected chi connectivity index (χ3v) is 23.0. The van der Waals surface area contributed by atoms with E-state index in [1.54, 1.807) is 23.5 Å². The molecule has 0 aliphatic heterocycles. The standard InChI is InChI=1S/2C20H40O2S.2C4H9.Sn/c2*1-2-3-4-5-6-7-8-9-10-11-12-13-14-15-16-17-18-23-19-20(21)22;2*1-3-4-2;/h2*2-19H2,1H3,(H,21,22);2*1,3-4H2,2H3;/q;;;;+2/p-2. The van der Waals surface area contributed by atoms with Crippen LogP contribution in [0.25, 0.3) is 0 Å². The molecule has 55 heavy (non-hydrogen) atoms. The van der Waals surface area contributed by atoms with Gasteiger partial charge in [-0.2, -0.15) is 0 Å². The summed E-state index contributed by atoms with van der Waals surface area (Å²) in [6, 6.07) is 0. The molecule has 0 rings (SSSR count). The number of unbranched alkanes of at least 4 members (excludes halogenated alkanes) is 32. The zero-order valence-electron chi connectivity index (χ0n) is 37.6. The van der Waals surface area contributed by atoms with Crippen LogP contribution in [0.5, 0.6) is 0 Å². The van der Waals surface area contributed by atoms with E-state index in [1.165, 1.54) is 205 Å². The Hall–Kier alpha value is 0.439. The summed E-state index contributed by atoms with van der Waals surface area (Å²) in [5.41, 5.74) is 0. The van der Waals surface area contributed by atoms with Gasteiger partial charge >= 0.3 is 232 Å². The molecule has 0 spiro atoms. The van der Waals surface area contributed by atoms with Crippen molar-refractivity contribution in [3.8, 4) is 0 Å².